The van der Waals surface area contributed by atoms with Gasteiger partial charge in [0.2, 0.25) is 0 Å². The number of rotatable bonds is 8. The minimum Gasteiger partial charge on any atom is -0.208 e. The minimum absolute atomic E-state index is 0.259. The van der Waals surface area contributed by atoms with E-state index in [1.807, 2.05) is 30.3 Å². The number of benzene rings is 4. The first-order chi connectivity index (χ1) is 28.2. The Morgan fingerprint density at radius 3 is 1.43 bits per heavy atom. The molecule has 0 N–H and O–H groups in total. The van der Waals surface area contributed by atoms with Crippen LogP contribution >= 0.6 is 0 Å². The molecule has 5 nitrogen and oxygen atoms in total. The first-order valence-corrected chi connectivity index (χ1v) is 22.2. The van der Waals surface area contributed by atoms with E-state index in [1.165, 1.54) is 88.2 Å². The topological polar surface area (TPSA) is 86.2 Å². The van der Waals surface area contributed by atoms with E-state index in [0.29, 0.717) is 28.6 Å². The SMILES string of the molecule is CC[C@@H]1C[C@@H]2C[C@H](CC)CC(c3ccc(-c4nc(-c5ccc(C67CC(C)C[C@H](C[C@H](C)C6)C7)cc5)nc(-c5cccc(-c6cc(C#N)cc(C#N)c6)c5)n4)cc3)(C2)C1. The molecule has 0 radical (unpaired) electrons. The summed E-state index contributed by atoms with van der Waals surface area (Å²) >= 11 is 0. The van der Waals surface area contributed by atoms with E-state index in [-0.39, 0.29) is 10.8 Å². The number of nitrogens with zero attached hydrogens (tertiary/aromatic N) is 5. The lowest BCUT2D eigenvalue weighted by Gasteiger charge is -2.51. The Hall–Kier alpha value is -5.13. The first-order valence-electron chi connectivity index (χ1n) is 22.2. The average Bonchev–Trinajstić information content (AvgIpc) is 3.25. The lowest BCUT2D eigenvalue weighted by Crippen LogP contribution is -2.43. The minimum atomic E-state index is 0.259. The molecule has 0 saturated heterocycles. The lowest BCUT2D eigenvalue weighted by atomic mass is 9.53. The van der Waals surface area contributed by atoms with Crippen molar-refractivity contribution in [2.75, 3.05) is 0 Å². The van der Waals surface area contributed by atoms with Gasteiger partial charge in [-0.15, -0.1) is 0 Å². The molecule has 294 valence electrons. The molecule has 4 aliphatic carbocycles. The molecule has 5 aromatic rings. The number of aromatic nitrogens is 3. The van der Waals surface area contributed by atoms with Crippen molar-refractivity contribution in [3.05, 3.63) is 113 Å². The van der Waals surface area contributed by atoms with Crippen LogP contribution in [-0.4, -0.2) is 15.0 Å². The van der Waals surface area contributed by atoms with Gasteiger partial charge in [-0.1, -0.05) is 107 Å². The second-order valence-electron chi connectivity index (χ2n) is 19.3. The maximum absolute atomic E-state index is 9.69. The van der Waals surface area contributed by atoms with Crippen LogP contribution in [-0.2, 0) is 10.8 Å². The van der Waals surface area contributed by atoms with Crippen molar-refractivity contribution in [2.45, 2.75) is 116 Å². The fourth-order valence-electron chi connectivity index (χ4n) is 12.8. The van der Waals surface area contributed by atoms with E-state index in [4.69, 9.17) is 15.0 Å². The van der Waals surface area contributed by atoms with Gasteiger partial charge in [-0.05, 0) is 157 Å². The zero-order chi connectivity index (χ0) is 40.0. The number of nitriles is 2. The second kappa shape index (κ2) is 15.6. The van der Waals surface area contributed by atoms with E-state index < -0.39 is 0 Å². The number of fused-ring (bicyclic) bond motifs is 4. The third kappa shape index (κ3) is 7.39. The van der Waals surface area contributed by atoms with Crippen LogP contribution < -0.4 is 0 Å². The van der Waals surface area contributed by atoms with E-state index in [1.54, 1.807) is 6.07 Å². The summed E-state index contributed by atoms with van der Waals surface area (Å²) in [5.74, 6) is 6.75. The predicted octanol–water partition coefficient (Wildman–Crippen LogP) is 13.3. The fraction of sp³-hybridized carbons (Fsp3) is 0.453. The maximum atomic E-state index is 9.69. The number of hydrogen-bond acceptors (Lipinski definition) is 5. The lowest BCUT2D eigenvalue weighted by molar-refractivity contribution is 0.0629. The van der Waals surface area contributed by atoms with Gasteiger partial charge in [0.15, 0.2) is 17.5 Å². The molecule has 5 heteroatoms. The monoisotopic (exact) mass is 763 g/mol. The Bertz CT molecular complexity index is 2310. The summed E-state index contributed by atoms with van der Waals surface area (Å²) in [4.78, 5) is 15.6. The number of hydrogen-bond donors (Lipinski definition) is 0. The van der Waals surface area contributed by atoms with Crippen LogP contribution in [0.25, 0.3) is 45.3 Å². The maximum Gasteiger partial charge on any atom is 0.164 e. The van der Waals surface area contributed by atoms with Crippen LogP contribution in [0.5, 0.6) is 0 Å². The molecule has 3 unspecified atom stereocenters. The average molecular weight is 764 g/mol. The van der Waals surface area contributed by atoms with Gasteiger partial charge in [0.1, 0.15) is 0 Å². The van der Waals surface area contributed by atoms with Crippen molar-refractivity contribution in [1.29, 1.82) is 10.5 Å². The summed E-state index contributed by atoms with van der Waals surface area (Å²) in [5, 5.41) is 19.4. The van der Waals surface area contributed by atoms with E-state index in [9.17, 15) is 10.5 Å². The Morgan fingerprint density at radius 2 is 0.948 bits per heavy atom. The highest BCUT2D eigenvalue weighted by Gasteiger charge is 2.47. The summed E-state index contributed by atoms with van der Waals surface area (Å²) in [5.41, 5.74) is 8.97. The normalized spacial score (nSPS) is 28.9. The van der Waals surface area contributed by atoms with Crippen LogP contribution in [0.3, 0.4) is 0 Å². The largest absolute Gasteiger partial charge is 0.208 e. The third-order valence-corrected chi connectivity index (χ3v) is 14.9. The Balaban J connectivity index is 1.11. The first kappa shape index (κ1) is 38.4. The molecule has 58 heavy (non-hydrogen) atoms. The molecule has 4 aliphatic rings. The zero-order valence-electron chi connectivity index (χ0n) is 34.8. The third-order valence-electron chi connectivity index (χ3n) is 14.9. The van der Waals surface area contributed by atoms with Crippen molar-refractivity contribution in [3.63, 3.8) is 0 Å². The van der Waals surface area contributed by atoms with Gasteiger partial charge < -0.3 is 0 Å². The molecule has 1 aromatic heterocycles. The molecule has 4 fully saturated rings. The van der Waals surface area contributed by atoms with Gasteiger partial charge in [-0.2, -0.15) is 10.5 Å². The van der Waals surface area contributed by atoms with E-state index in [0.717, 1.165) is 63.3 Å². The molecule has 4 aromatic carbocycles. The van der Waals surface area contributed by atoms with Crippen LogP contribution in [0.4, 0.5) is 0 Å². The van der Waals surface area contributed by atoms with Crippen LogP contribution in [0, 0.1) is 58.2 Å². The van der Waals surface area contributed by atoms with Gasteiger partial charge >= 0.3 is 0 Å². The summed E-state index contributed by atoms with van der Waals surface area (Å²) < 4.78 is 0. The highest BCUT2D eigenvalue weighted by atomic mass is 15.0. The molecule has 9 rings (SSSR count). The van der Waals surface area contributed by atoms with E-state index in [2.05, 4.69) is 94.4 Å². The van der Waals surface area contributed by atoms with Gasteiger partial charge in [-0.3, -0.25) is 0 Å². The Morgan fingerprint density at radius 1 is 0.500 bits per heavy atom. The Kier molecular flexibility index (Phi) is 10.3. The molecule has 0 spiro atoms. The zero-order valence-corrected chi connectivity index (χ0v) is 34.8. The summed E-state index contributed by atoms with van der Waals surface area (Å²) in [6, 6.07) is 36.3. The van der Waals surface area contributed by atoms with Crippen molar-refractivity contribution < 1.29 is 0 Å². The van der Waals surface area contributed by atoms with Crippen LogP contribution in [0.2, 0.25) is 0 Å². The van der Waals surface area contributed by atoms with Crippen molar-refractivity contribution in [2.24, 2.45) is 35.5 Å². The van der Waals surface area contributed by atoms with Crippen LogP contribution in [0.1, 0.15) is 127 Å². The summed E-state index contributed by atoms with van der Waals surface area (Å²) in [7, 11) is 0. The van der Waals surface area contributed by atoms with E-state index >= 15 is 0 Å². The van der Waals surface area contributed by atoms with Crippen molar-refractivity contribution in [3.8, 4) is 57.4 Å². The van der Waals surface area contributed by atoms with Crippen molar-refractivity contribution in [1.82, 2.24) is 15.0 Å². The van der Waals surface area contributed by atoms with Crippen molar-refractivity contribution >= 4 is 0 Å². The fourth-order valence-corrected chi connectivity index (χ4v) is 12.8. The van der Waals surface area contributed by atoms with Gasteiger partial charge in [0.25, 0.3) is 0 Å². The summed E-state index contributed by atoms with van der Waals surface area (Å²) in [6.07, 6.45) is 15.8. The smallest absolute Gasteiger partial charge is 0.164 e. The molecular weight excluding hydrogens is 707 g/mol. The molecule has 1 heterocycles. The second-order valence-corrected chi connectivity index (χ2v) is 19.3. The molecular formula is C53H57N5. The van der Waals surface area contributed by atoms with Gasteiger partial charge in [-0.25, -0.2) is 15.0 Å². The molecule has 0 aliphatic heterocycles. The summed E-state index contributed by atoms with van der Waals surface area (Å²) in [6.45, 7) is 9.67. The quantitative estimate of drug-likeness (QED) is 0.157. The Labute approximate surface area is 346 Å². The molecule has 4 saturated carbocycles. The highest BCUT2D eigenvalue weighted by Crippen LogP contribution is 2.56. The van der Waals surface area contributed by atoms with Gasteiger partial charge in [0.05, 0.1) is 23.3 Å². The van der Waals surface area contributed by atoms with Gasteiger partial charge in [0, 0.05) is 16.7 Å². The standard InChI is InChI=1S/C53H57N5/c1-5-36-20-39-21-37(6-2)29-53(28-36,31-39)48-16-12-43(13-17-48)50-56-49(42-10-14-47(15-11-42)52-26-34(3)18-38(30-52)19-35(4)27-52)57-51(58-50)45-9-7-8-44(25-45)46-23-40(32-54)22-41(24-46)33-55/h7-17,22-25,34-39H,5-6,18-21,26-31H2,1-4H3/t34-,35?,36-,37+,38-,39-,52?,53?/m0/s1. The molecule has 8 atom stereocenters. The molecule has 4 bridgehead atoms. The highest BCUT2D eigenvalue weighted by molar-refractivity contribution is 5.74. The molecule has 0 amide bonds. The van der Waals surface area contributed by atoms with Crippen LogP contribution in [0.15, 0.2) is 91.0 Å². The predicted molar refractivity (Wildman–Crippen MR) is 233 cm³/mol.